The average molecular weight is 326 g/mol. The Morgan fingerprint density at radius 3 is 2.71 bits per heavy atom. The zero-order valence-corrected chi connectivity index (χ0v) is 14.2. The molecule has 0 spiro atoms. The Morgan fingerprint density at radius 1 is 1.17 bits per heavy atom. The van der Waals surface area contributed by atoms with Crippen LogP contribution < -0.4 is 19.7 Å². The van der Waals surface area contributed by atoms with Crippen LogP contribution >= 0.6 is 0 Å². The van der Waals surface area contributed by atoms with Crippen molar-refractivity contribution in [3.8, 4) is 11.5 Å². The molecule has 3 rings (SSSR count). The first-order valence-electron chi connectivity index (χ1n) is 8.02. The molecule has 0 aromatic heterocycles. The molecule has 24 heavy (non-hydrogen) atoms. The van der Waals surface area contributed by atoms with Gasteiger partial charge in [-0.2, -0.15) is 0 Å². The molecular weight excluding hydrogens is 304 g/mol. The van der Waals surface area contributed by atoms with Crippen molar-refractivity contribution in [3.05, 3.63) is 48.0 Å². The molecule has 0 fully saturated rings. The molecule has 0 saturated carbocycles. The van der Waals surface area contributed by atoms with Gasteiger partial charge in [0.25, 0.3) is 0 Å². The second kappa shape index (κ2) is 6.83. The molecule has 1 aliphatic heterocycles. The predicted molar refractivity (Wildman–Crippen MR) is 95.1 cm³/mol. The summed E-state index contributed by atoms with van der Waals surface area (Å²) in [6, 6.07) is 13.2. The summed E-state index contributed by atoms with van der Waals surface area (Å²) in [7, 11) is 3.21. The second-order valence-electron chi connectivity index (χ2n) is 5.80. The lowest BCUT2D eigenvalue weighted by molar-refractivity contribution is -0.118. The molecule has 0 saturated heterocycles. The van der Waals surface area contributed by atoms with Gasteiger partial charge in [0.05, 0.1) is 19.9 Å². The number of fused-ring (bicyclic) bond motifs is 1. The number of carbonyl (C=O) groups is 1. The fraction of sp³-hybridized carbons (Fsp3) is 0.316. The molecular formula is C19H22N2O3. The van der Waals surface area contributed by atoms with E-state index in [0.717, 1.165) is 24.3 Å². The Bertz CT molecular complexity index is 745. The quantitative estimate of drug-likeness (QED) is 0.917. The number of nitrogens with one attached hydrogen (secondary N) is 1. The van der Waals surface area contributed by atoms with Crippen LogP contribution in [0.2, 0.25) is 0 Å². The Balaban J connectivity index is 1.76. The highest BCUT2D eigenvalue weighted by molar-refractivity contribution is 6.00. The van der Waals surface area contributed by atoms with Gasteiger partial charge in [0.1, 0.15) is 17.5 Å². The molecule has 1 amide bonds. The van der Waals surface area contributed by atoms with E-state index < -0.39 is 0 Å². The minimum atomic E-state index is -0.363. The molecule has 0 unspecified atom stereocenters. The number of anilines is 2. The molecule has 2 aromatic rings. The molecule has 0 bridgehead atoms. The molecule has 126 valence electrons. The van der Waals surface area contributed by atoms with Crippen molar-refractivity contribution in [1.29, 1.82) is 0 Å². The van der Waals surface area contributed by atoms with E-state index in [1.165, 1.54) is 5.56 Å². The minimum absolute atomic E-state index is 0.0535. The van der Waals surface area contributed by atoms with Crippen molar-refractivity contribution in [2.24, 2.45) is 0 Å². The molecule has 5 heteroatoms. The number of benzene rings is 2. The number of amides is 1. The highest BCUT2D eigenvalue weighted by Crippen LogP contribution is 2.31. The summed E-state index contributed by atoms with van der Waals surface area (Å²) in [4.78, 5) is 14.7. The predicted octanol–water partition coefficient (Wildman–Crippen LogP) is 3.09. The van der Waals surface area contributed by atoms with Crippen LogP contribution in [0.25, 0.3) is 0 Å². The second-order valence-corrected chi connectivity index (χ2v) is 5.80. The van der Waals surface area contributed by atoms with Gasteiger partial charge in [-0.1, -0.05) is 18.2 Å². The Hall–Kier alpha value is -2.69. The zero-order chi connectivity index (χ0) is 17.1. The molecule has 1 aliphatic rings. The van der Waals surface area contributed by atoms with E-state index in [1.807, 2.05) is 42.2 Å². The summed E-state index contributed by atoms with van der Waals surface area (Å²) in [5.41, 5.74) is 3.00. The molecule has 0 aliphatic carbocycles. The van der Waals surface area contributed by atoms with Crippen LogP contribution in [0.4, 0.5) is 11.4 Å². The van der Waals surface area contributed by atoms with Crippen molar-refractivity contribution in [1.82, 2.24) is 0 Å². The normalized spacial score (nSPS) is 14.0. The maximum absolute atomic E-state index is 12.8. The third kappa shape index (κ3) is 3.02. The van der Waals surface area contributed by atoms with Gasteiger partial charge < -0.3 is 19.7 Å². The van der Waals surface area contributed by atoms with E-state index in [4.69, 9.17) is 9.47 Å². The van der Waals surface area contributed by atoms with Gasteiger partial charge >= 0.3 is 0 Å². The fourth-order valence-corrected chi connectivity index (χ4v) is 3.01. The van der Waals surface area contributed by atoms with Gasteiger partial charge in [-0.3, -0.25) is 4.79 Å². The molecule has 1 heterocycles. The first-order chi connectivity index (χ1) is 11.6. The van der Waals surface area contributed by atoms with Crippen molar-refractivity contribution in [2.45, 2.75) is 19.4 Å². The number of rotatable bonds is 5. The fourth-order valence-electron chi connectivity index (χ4n) is 3.01. The largest absolute Gasteiger partial charge is 0.497 e. The summed E-state index contributed by atoms with van der Waals surface area (Å²) in [6.45, 7) is 2.59. The Labute approximate surface area is 142 Å². The van der Waals surface area contributed by atoms with Gasteiger partial charge in [0.15, 0.2) is 0 Å². The van der Waals surface area contributed by atoms with Gasteiger partial charge in [-0.05, 0) is 37.1 Å². The van der Waals surface area contributed by atoms with Crippen molar-refractivity contribution >= 4 is 17.3 Å². The number of hydrogen-bond donors (Lipinski definition) is 1. The summed E-state index contributed by atoms with van der Waals surface area (Å²) in [6.07, 6.45) is 0.903. The number of methoxy groups -OCH3 is 2. The van der Waals surface area contributed by atoms with E-state index in [0.29, 0.717) is 11.5 Å². The molecule has 1 N–H and O–H groups in total. The monoisotopic (exact) mass is 326 g/mol. The zero-order valence-electron chi connectivity index (χ0n) is 14.2. The van der Waals surface area contributed by atoms with Crippen molar-refractivity contribution in [3.63, 3.8) is 0 Å². The highest BCUT2D eigenvalue weighted by Gasteiger charge is 2.28. The minimum Gasteiger partial charge on any atom is -0.497 e. The van der Waals surface area contributed by atoms with Crippen LogP contribution in [0, 0.1) is 0 Å². The Kier molecular flexibility index (Phi) is 4.60. The number of hydrogen-bond acceptors (Lipinski definition) is 4. The van der Waals surface area contributed by atoms with Gasteiger partial charge in [-0.25, -0.2) is 0 Å². The first-order valence-corrected chi connectivity index (χ1v) is 8.02. The summed E-state index contributed by atoms with van der Waals surface area (Å²) in [5.74, 6) is 1.42. The molecule has 5 nitrogen and oxygen atoms in total. The van der Waals surface area contributed by atoms with Crippen LogP contribution in [0.3, 0.4) is 0 Å². The lowest BCUT2D eigenvalue weighted by atomic mass is 10.2. The lowest BCUT2D eigenvalue weighted by Gasteiger charge is -2.24. The topological polar surface area (TPSA) is 50.8 Å². The van der Waals surface area contributed by atoms with Crippen LogP contribution in [0.1, 0.15) is 12.5 Å². The van der Waals surface area contributed by atoms with E-state index in [1.54, 1.807) is 20.3 Å². The number of carbonyl (C=O) groups excluding carboxylic acids is 1. The van der Waals surface area contributed by atoms with E-state index >= 15 is 0 Å². The van der Waals surface area contributed by atoms with E-state index in [2.05, 4.69) is 11.4 Å². The van der Waals surface area contributed by atoms with E-state index in [9.17, 15) is 4.79 Å². The molecule has 2 aromatic carbocycles. The van der Waals surface area contributed by atoms with E-state index in [-0.39, 0.29) is 11.9 Å². The highest BCUT2D eigenvalue weighted by atomic mass is 16.5. The van der Waals surface area contributed by atoms with Crippen LogP contribution in [0.5, 0.6) is 11.5 Å². The number of para-hydroxylation sites is 1. The third-order valence-electron chi connectivity index (χ3n) is 4.30. The smallest absolute Gasteiger partial charge is 0.249 e. The van der Waals surface area contributed by atoms with Crippen LogP contribution in [0.15, 0.2) is 42.5 Å². The van der Waals surface area contributed by atoms with Gasteiger partial charge in [0.2, 0.25) is 5.91 Å². The maximum Gasteiger partial charge on any atom is 0.249 e. The average Bonchev–Trinajstić information content (AvgIpc) is 3.05. The number of nitrogens with zero attached hydrogens (tertiary/aromatic N) is 1. The van der Waals surface area contributed by atoms with Gasteiger partial charge in [-0.15, -0.1) is 0 Å². The lowest BCUT2D eigenvalue weighted by Crippen LogP contribution is -2.40. The standard InChI is InChI=1S/C19H22N2O3/c1-13(20-16-9-8-15(23-2)12-18(16)24-3)19(22)21-11-10-14-6-4-5-7-17(14)21/h4-9,12-13,20H,10-11H2,1-3H3/t13-/m1/s1. The molecule has 1 atom stereocenters. The van der Waals surface area contributed by atoms with Crippen molar-refractivity contribution < 1.29 is 14.3 Å². The van der Waals surface area contributed by atoms with Crippen molar-refractivity contribution in [2.75, 3.05) is 31.0 Å². The third-order valence-corrected chi connectivity index (χ3v) is 4.30. The van der Waals surface area contributed by atoms with Crippen LogP contribution in [-0.4, -0.2) is 32.7 Å². The number of ether oxygens (including phenoxy) is 2. The summed E-state index contributed by atoms with van der Waals surface area (Å²) in [5, 5.41) is 3.25. The van der Waals surface area contributed by atoms with Gasteiger partial charge in [0, 0.05) is 18.3 Å². The summed E-state index contributed by atoms with van der Waals surface area (Å²) >= 11 is 0. The Morgan fingerprint density at radius 2 is 1.96 bits per heavy atom. The first kappa shape index (κ1) is 16.2. The molecule has 0 radical (unpaired) electrons. The SMILES string of the molecule is COc1ccc(N[C@H](C)C(=O)N2CCc3ccccc32)c(OC)c1. The maximum atomic E-state index is 12.8. The van der Waals surface area contributed by atoms with Crippen LogP contribution in [-0.2, 0) is 11.2 Å². The summed E-state index contributed by atoms with van der Waals surface area (Å²) < 4.78 is 10.6.